The Balaban J connectivity index is 2.01. The maximum Gasteiger partial charge on any atom is 0.0479 e. The van der Waals surface area contributed by atoms with Gasteiger partial charge in [-0.1, -0.05) is 48.6 Å². The fourth-order valence-electron chi connectivity index (χ4n) is 3.30. The fourth-order valence-corrected chi connectivity index (χ4v) is 4.62. The minimum Gasteiger partial charge on any atom is -0.354 e. The van der Waals surface area contributed by atoms with Gasteiger partial charge in [-0.15, -0.1) is 11.3 Å². The molecule has 5 rings (SSSR count). The molecule has 0 aliphatic heterocycles. The van der Waals surface area contributed by atoms with Crippen molar-refractivity contribution in [2.45, 2.75) is 6.42 Å². The van der Waals surface area contributed by atoms with Gasteiger partial charge in [0.2, 0.25) is 0 Å². The minimum absolute atomic E-state index is 1.03. The van der Waals surface area contributed by atoms with Crippen molar-refractivity contribution in [1.29, 1.82) is 0 Å². The number of benzene rings is 2. The molecule has 2 aromatic heterocycles. The average Bonchev–Trinajstić information content (AvgIpc) is 2.96. The number of H-pyrrole nitrogens is 1. The van der Waals surface area contributed by atoms with Crippen molar-refractivity contribution < 1.29 is 0 Å². The summed E-state index contributed by atoms with van der Waals surface area (Å²) in [5.74, 6) is 0. The Hall–Kier alpha value is -2.32. The molecule has 4 aromatic rings. The number of rotatable bonds is 0. The van der Waals surface area contributed by atoms with E-state index in [1.54, 1.807) is 0 Å². The van der Waals surface area contributed by atoms with Crippen LogP contribution in [0.25, 0.3) is 38.0 Å². The van der Waals surface area contributed by atoms with Gasteiger partial charge < -0.3 is 4.98 Å². The van der Waals surface area contributed by atoms with Gasteiger partial charge in [-0.3, -0.25) is 0 Å². The highest BCUT2D eigenvalue weighted by atomic mass is 32.1. The summed E-state index contributed by atoms with van der Waals surface area (Å²) in [6.45, 7) is 0. The molecule has 2 heterocycles. The number of thiophene rings is 1. The number of aromatic amines is 1. The second-order valence-corrected chi connectivity index (χ2v) is 6.57. The van der Waals surface area contributed by atoms with Gasteiger partial charge in [-0.25, -0.2) is 0 Å². The van der Waals surface area contributed by atoms with Gasteiger partial charge in [0, 0.05) is 43.2 Å². The van der Waals surface area contributed by atoms with Crippen molar-refractivity contribution in [2.24, 2.45) is 0 Å². The van der Waals surface area contributed by atoms with Crippen LogP contribution in [0.15, 0.2) is 54.6 Å². The lowest BCUT2D eigenvalue weighted by atomic mass is 10.1. The van der Waals surface area contributed by atoms with Crippen molar-refractivity contribution in [2.75, 3.05) is 0 Å². The first-order chi connectivity index (χ1) is 10.4. The molecule has 0 unspecified atom stereocenters. The molecule has 1 aliphatic carbocycles. The van der Waals surface area contributed by atoms with Crippen molar-refractivity contribution >= 4 is 49.3 Å². The van der Waals surface area contributed by atoms with Crippen LogP contribution < -0.4 is 0 Å². The fraction of sp³-hybridized carbons (Fsp3) is 0.0526. The van der Waals surface area contributed by atoms with E-state index in [0.29, 0.717) is 0 Å². The lowest BCUT2D eigenvalue weighted by Gasteiger charge is -1.96. The molecule has 0 radical (unpaired) electrons. The Labute approximate surface area is 126 Å². The molecule has 0 saturated carbocycles. The summed E-state index contributed by atoms with van der Waals surface area (Å²) < 4.78 is 1.41. The Morgan fingerprint density at radius 3 is 2.86 bits per heavy atom. The van der Waals surface area contributed by atoms with Crippen LogP contribution in [0, 0.1) is 0 Å². The molecule has 0 amide bonds. The Bertz CT molecular complexity index is 1060. The highest BCUT2D eigenvalue weighted by Crippen LogP contribution is 2.41. The van der Waals surface area contributed by atoms with Crippen LogP contribution in [0.4, 0.5) is 0 Å². The van der Waals surface area contributed by atoms with Crippen LogP contribution in [0.3, 0.4) is 0 Å². The molecular weight excluding hydrogens is 274 g/mol. The second kappa shape index (κ2) is 4.09. The van der Waals surface area contributed by atoms with Gasteiger partial charge in [0.1, 0.15) is 0 Å². The zero-order chi connectivity index (χ0) is 13.8. The van der Waals surface area contributed by atoms with Crippen LogP contribution in [-0.2, 0) is 6.42 Å². The molecular formula is C19H13NS. The standard InChI is InChI=1S/C19H13NS/c1-2-6-12-13-10-11-16-18(19(13)21-17(12)9-3-1)14-7-4-5-8-15(14)20-16/h1-8,10-11,20H,9H2. The third-order valence-corrected chi connectivity index (χ3v) is 5.51. The van der Waals surface area contributed by atoms with Crippen molar-refractivity contribution in [1.82, 2.24) is 4.98 Å². The summed E-state index contributed by atoms with van der Waals surface area (Å²) >= 11 is 1.94. The molecule has 0 fully saturated rings. The van der Waals surface area contributed by atoms with E-state index < -0.39 is 0 Å². The second-order valence-electron chi connectivity index (χ2n) is 5.47. The van der Waals surface area contributed by atoms with Gasteiger partial charge in [0.25, 0.3) is 0 Å². The zero-order valence-corrected chi connectivity index (χ0v) is 12.2. The summed E-state index contributed by atoms with van der Waals surface area (Å²) in [4.78, 5) is 5.00. The largest absolute Gasteiger partial charge is 0.354 e. The van der Waals surface area contributed by atoms with Crippen molar-refractivity contribution in [3.05, 3.63) is 65.1 Å². The van der Waals surface area contributed by atoms with Gasteiger partial charge in [0.15, 0.2) is 0 Å². The zero-order valence-electron chi connectivity index (χ0n) is 11.4. The number of allylic oxidation sites excluding steroid dienone is 3. The molecule has 2 heteroatoms. The summed E-state index contributed by atoms with van der Waals surface area (Å²) in [6, 6.07) is 13.1. The Morgan fingerprint density at radius 2 is 1.86 bits per heavy atom. The molecule has 100 valence electrons. The highest BCUT2D eigenvalue weighted by molar-refractivity contribution is 7.20. The first-order valence-corrected chi connectivity index (χ1v) is 8.01. The summed E-state index contributed by atoms with van der Waals surface area (Å²) in [5, 5.41) is 4.08. The van der Waals surface area contributed by atoms with Crippen LogP contribution in [-0.4, -0.2) is 4.98 Å². The van der Waals surface area contributed by atoms with E-state index in [1.165, 1.54) is 42.3 Å². The van der Waals surface area contributed by atoms with Crippen LogP contribution in [0.5, 0.6) is 0 Å². The van der Waals surface area contributed by atoms with Crippen molar-refractivity contribution in [3.63, 3.8) is 0 Å². The summed E-state index contributed by atoms with van der Waals surface area (Å²) in [7, 11) is 0. The van der Waals surface area contributed by atoms with E-state index in [0.717, 1.165) is 6.42 Å². The quantitative estimate of drug-likeness (QED) is 0.429. The lowest BCUT2D eigenvalue weighted by molar-refractivity contribution is 1.35. The third kappa shape index (κ3) is 1.51. The van der Waals surface area contributed by atoms with Crippen LogP contribution in [0.1, 0.15) is 10.4 Å². The summed E-state index contributed by atoms with van der Waals surface area (Å²) in [6.07, 6.45) is 9.81. The topological polar surface area (TPSA) is 15.8 Å². The predicted molar refractivity (Wildman–Crippen MR) is 93.1 cm³/mol. The summed E-state index contributed by atoms with van der Waals surface area (Å²) in [5.41, 5.74) is 3.85. The van der Waals surface area contributed by atoms with E-state index >= 15 is 0 Å². The molecule has 21 heavy (non-hydrogen) atoms. The van der Waals surface area contributed by atoms with Gasteiger partial charge in [-0.2, -0.15) is 0 Å². The number of nitrogens with one attached hydrogen (secondary N) is 1. The molecule has 0 saturated heterocycles. The van der Waals surface area contributed by atoms with Crippen LogP contribution >= 0.6 is 11.3 Å². The highest BCUT2D eigenvalue weighted by Gasteiger charge is 2.15. The lowest BCUT2D eigenvalue weighted by Crippen LogP contribution is -1.76. The van der Waals surface area contributed by atoms with Gasteiger partial charge in [-0.05, 0) is 17.7 Å². The SMILES string of the molecule is C1=CCc2sc3c(ccc4[nH]c5ccccc5c43)c2C=C1. The molecule has 0 spiro atoms. The minimum atomic E-state index is 1.03. The molecule has 1 N–H and O–H groups in total. The van der Waals surface area contributed by atoms with Gasteiger partial charge in [0.05, 0.1) is 0 Å². The number of aromatic nitrogens is 1. The number of hydrogen-bond acceptors (Lipinski definition) is 1. The maximum atomic E-state index is 3.54. The normalized spacial score (nSPS) is 14.1. The Kier molecular flexibility index (Phi) is 2.21. The Morgan fingerprint density at radius 1 is 0.905 bits per heavy atom. The first kappa shape index (κ1) is 11.4. The van der Waals surface area contributed by atoms with E-state index in [2.05, 4.69) is 65.7 Å². The molecule has 2 aromatic carbocycles. The number of hydrogen-bond donors (Lipinski definition) is 1. The van der Waals surface area contributed by atoms with Gasteiger partial charge >= 0.3 is 0 Å². The first-order valence-electron chi connectivity index (χ1n) is 7.20. The van der Waals surface area contributed by atoms with Crippen molar-refractivity contribution in [3.8, 4) is 0 Å². The molecule has 1 aliphatic rings. The van der Waals surface area contributed by atoms with E-state index in [1.807, 2.05) is 11.3 Å². The monoisotopic (exact) mass is 287 g/mol. The number of para-hydroxylation sites is 1. The maximum absolute atomic E-state index is 3.54. The van der Waals surface area contributed by atoms with E-state index in [4.69, 9.17) is 0 Å². The smallest absolute Gasteiger partial charge is 0.0479 e. The van der Waals surface area contributed by atoms with Crippen LogP contribution in [0.2, 0.25) is 0 Å². The van der Waals surface area contributed by atoms with E-state index in [-0.39, 0.29) is 0 Å². The molecule has 0 bridgehead atoms. The predicted octanol–water partition coefficient (Wildman–Crippen LogP) is 5.66. The molecule has 0 atom stereocenters. The number of fused-ring (bicyclic) bond motifs is 7. The van der Waals surface area contributed by atoms with E-state index in [9.17, 15) is 0 Å². The molecule has 1 nitrogen and oxygen atoms in total. The third-order valence-electron chi connectivity index (χ3n) is 4.25. The average molecular weight is 287 g/mol.